The van der Waals surface area contributed by atoms with Crippen molar-refractivity contribution in [1.29, 1.82) is 0 Å². The normalized spacial score (nSPS) is 20.2. The van der Waals surface area contributed by atoms with Crippen LogP contribution in [0.4, 0.5) is 0 Å². The summed E-state index contributed by atoms with van der Waals surface area (Å²) in [6.07, 6.45) is 8.77. The molecule has 1 unspecified atom stereocenters. The van der Waals surface area contributed by atoms with Crippen LogP contribution in [0.2, 0.25) is 0 Å². The van der Waals surface area contributed by atoms with Crippen molar-refractivity contribution in [3.05, 3.63) is 23.3 Å². The van der Waals surface area contributed by atoms with Crippen LogP contribution in [0.1, 0.15) is 74.1 Å². The summed E-state index contributed by atoms with van der Waals surface area (Å²) in [6.45, 7) is 17.2. The Morgan fingerprint density at radius 2 is 1.77 bits per heavy atom. The van der Waals surface area contributed by atoms with Gasteiger partial charge < -0.3 is 14.2 Å². The van der Waals surface area contributed by atoms with Gasteiger partial charge in [0.25, 0.3) is 0 Å². The zero-order valence-corrected chi connectivity index (χ0v) is 18.8. The number of hydrogen-bond donors (Lipinski definition) is 0. The van der Waals surface area contributed by atoms with Crippen molar-refractivity contribution >= 4 is 11.8 Å². The van der Waals surface area contributed by atoms with Crippen LogP contribution in [0.3, 0.4) is 0 Å². The van der Waals surface area contributed by atoms with E-state index in [2.05, 4.69) is 46.8 Å². The van der Waals surface area contributed by atoms with Crippen LogP contribution in [0.5, 0.6) is 0 Å². The molecule has 1 aliphatic rings. The largest absolute Gasteiger partial charge is 0.361 e. The highest BCUT2D eigenvalue weighted by Gasteiger charge is 2.34. The molecule has 0 saturated carbocycles. The van der Waals surface area contributed by atoms with Gasteiger partial charge in [-0.15, -0.1) is 11.8 Å². The number of thioether (sulfide) groups is 1. The molecule has 0 amide bonds. The van der Waals surface area contributed by atoms with Crippen LogP contribution in [-0.4, -0.2) is 36.8 Å². The van der Waals surface area contributed by atoms with Crippen LogP contribution in [0.25, 0.3) is 0 Å². The second kappa shape index (κ2) is 11.5. The fraction of sp³-hybridized carbons (Fsp3) is 0.818. The van der Waals surface area contributed by atoms with E-state index in [-0.39, 0.29) is 11.7 Å². The molecule has 4 heteroatoms. The summed E-state index contributed by atoms with van der Waals surface area (Å²) in [4.78, 5) is -0.417. The summed E-state index contributed by atoms with van der Waals surface area (Å²) in [5.74, 6) is 0.983. The van der Waals surface area contributed by atoms with Gasteiger partial charge in [0, 0.05) is 26.2 Å². The average molecular weight is 385 g/mol. The van der Waals surface area contributed by atoms with Gasteiger partial charge in [-0.3, -0.25) is 0 Å². The lowest BCUT2D eigenvalue weighted by atomic mass is 9.72. The molecule has 0 aliphatic heterocycles. The molecule has 0 fully saturated rings. The summed E-state index contributed by atoms with van der Waals surface area (Å²) in [6, 6.07) is 0. The quantitative estimate of drug-likeness (QED) is 0.367. The van der Waals surface area contributed by atoms with E-state index in [9.17, 15) is 0 Å². The van der Waals surface area contributed by atoms with Crippen molar-refractivity contribution < 1.29 is 14.2 Å². The van der Waals surface area contributed by atoms with E-state index in [4.69, 9.17) is 14.2 Å². The smallest absolute Gasteiger partial charge is 0.161 e. The van der Waals surface area contributed by atoms with Crippen LogP contribution < -0.4 is 0 Å². The van der Waals surface area contributed by atoms with E-state index in [1.807, 2.05) is 25.6 Å². The predicted octanol–water partition coefficient (Wildman–Crippen LogP) is 6.34. The molecule has 152 valence electrons. The Kier molecular flexibility index (Phi) is 10.5. The first-order valence-electron chi connectivity index (χ1n) is 10.2. The molecule has 0 radical (unpaired) electrons. The number of allylic oxidation sites excluding steroid dienone is 3. The lowest BCUT2D eigenvalue weighted by molar-refractivity contribution is -0.156. The van der Waals surface area contributed by atoms with E-state index >= 15 is 0 Å². The van der Waals surface area contributed by atoms with Crippen molar-refractivity contribution in [3.8, 4) is 0 Å². The topological polar surface area (TPSA) is 27.7 Å². The van der Waals surface area contributed by atoms with Gasteiger partial charge in [-0.1, -0.05) is 32.4 Å². The number of ether oxygens (including phenoxy) is 3. The minimum Gasteiger partial charge on any atom is -0.361 e. The Morgan fingerprint density at radius 1 is 1.12 bits per heavy atom. The van der Waals surface area contributed by atoms with Gasteiger partial charge in [0.1, 0.15) is 4.93 Å². The summed E-state index contributed by atoms with van der Waals surface area (Å²) in [5, 5.41) is 0. The molecule has 0 aromatic heterocycles. The monoisotopic (exact) mass is 384 g/mol. The second-order valence-electron chi connectivity index (χ2n) is 7.49. The first-order chi connectivity index (χ1) is 12.3. The van der Waals surface area contributed by atoms with E-state index in [0.717, 1.165) is 5.75 Å². The van der Waals surface area contributed by atoms with Crippen molar-refractivity contribution in [2.24, 2.45) is 5.41 Å². The second-order valence-corrected chi connectivity index (χ2v) is 9.04. The highest BCUT2D eigenvalue weighted by molar-refractivity contribution is 8.00. The van der Waals surface area contributed by atoms with Gasteiger partial charge in [-0.25, -0.2) is 0 Å². The van der Waals surface area contributed by atoms with Gasteiger partial charge in [-0.2, -0.15) is 0 Å². The third-order valence-electron chi connectivity index (χ3n) is 4.98. The highest BCUT2D eigenvalue weighted by atomic mass is 32.2. The summed E-state index contributed by atoms with van der Waals surface area (Å²) < 4.78 is 17.9. The molecule has 0 aromatic carbocycles. The minimum absolute atomic E-state index is 0.229. The number of hydrogen-bond acceptors (Lipinski definition) is 4. The summed E-state index contributed by atoms with van der Waals surface area (Å²) >= 11 is 1.83. The van der Waals surface area contributed by atoms with Gasteiger partial charge in [0.2, 0.25) is 0 Å². The zero-order valence-electron chi connectivity index (χ0n) is 18.0. The maximum absolute atomic E-state index is 6.28. The molecule has 0 bridgehead atoms. The Labute approximate surface area is 165 Å². The van der Waals surface area contributed by atoms with Crippen molar-refractivity contribution in [1.82, 2.24) is 0 Å². The number of rotatable bonds is 12. The van der Waals surface area contributed by atoms with Crippen LogP contribution in [0.15, 0.2) is 23.3 Å². The average Bonchev–Trinajstić information content (AvgIpc) is 2.54. The van der Waals surface area contributed by atoms with Crippen LogP contribution in [-0.2, 0) is 14.2 Å². The first-order valence-corrected chi connectivity index (χ1v) is 11.2. The molecule has 1 atom stereocenters. The highest BCUT2D eigenvalue weighted by Crippen LogP contribution is 2.42. The zero-order chi connectivity index (χ0) is 19.6. The third kappa shape index (κ3) is 7.03. The molecule has 0 aromatic rings. The Bertz CT molecular complexity index is 456. The molecule has 0 heterocycles. The van der Waals surface area contributed by atoms with Gasteiger partial charge in [0.15, 0.2) is 6.29 Å². The van der Waals surface area contributed by atoms with E-state index < -0.39 is 4.93 Å². The van der Waals surface area contributed by atoms with Crippen LogP contribution >= 0.6 is 11.8 Å². The molecule has 1 aliphatic carbocycles. The lowest BCUT2D eigenvalue weighted by Gasteiger charge is -2.36. The predicted molar refractivity (Wildman–Crippen MR) is 114 cm³/mol. The molecule has 0 spiro atoms. The fourth-order valence-electron chi connectivity index (χ4n) is 3.80. The van der Waals surface area contributed by atoms with Gasteiger partial charge in [0.05, 0.1) is 0 Å². The molecule has 1 rings (SSSR count). The van der Waals surface area contributed by atoms with Crippen LogP contribution in [0, 0.1) is 5.41 Å². The maximum atomic E-state index is 6.28. The van der Waals surface area contributed by atoms with E-state index in [1.165, 1.54) is 30.4 Å². The van der Waals surface area contributed by atoms with Crippen molar-refractivity contribution in [3.63, 3.8) is 0 Å². The van der Waals surface area contributed by atoms with E-state index in [1.54, 1.807) is 0 Å². The Morgan fingerprint density at radius 3 is 2.27 bits per heavy atom. The molecular formula is C22H40O3S. The Hall–Kier alpha value is -0.290. The molecule has 0 N–H and O–H groups in total. The first kappa shape index (κ1) is 23.7. The third-order valence-corrected chi connectivity index (χ3v) is 6.18. The summed E-state index contributed by atoms with van der Waals surface area (Å²) in [5.41, 5.74) is 3.21. The SMILES string of the molecule is CCOC(CC(C=CC1=C(C)CCCC1(C)C)(OCC)SCC)OCC. The lowest BCUT2D eigenvalue weighted by Crippen LogP contribution is -2.35. The van der Waals surface area contributed by atoms with Gasteiger partial charge >= 0.3 is 0 Å². The standard InChI is InChI=1S/C22H40O3S/c1-8-23-20(24-9-2)17-22(25-10-3,26-11-4)16-14-19-18(5)13-12-15-21(19,6)7/h14,16,20H,8-13,15,17H2,1-7H3. The van der Waals surface area contributed by atoms with Crippen molar-refractivity contribution in [2.75, 3.05) is 25.6 Å². The maximum Gasteiger partial charge on any atom is 0.161 e. The van der Waals surface area contributed by atoms with E-state index in [0.29, 0.717) is 26.2 Å². The Balaban J connectivity index is 3.14. The molecule has 0 saturated heterocycles. The molecule has 26 heavy (non-hydrogen) atoms. The van der Waals surface area contributed by atoms with Gasteiger partial charge in [-0.05, 0) is 69.8 Å². The molecular weight excluding hydrogens is 344 g/mol. The van der Waals surface area contributed by atoms with Crippen molar-refractivity contribution in [2.45, 2.75) is 85.4 Å². The summed E-state index contributed by atoms with van der Waals surface area (Å²) in [7, 11) is 0. The molecule has 3 nitrogen and oxygen atoms in total. The fourth-order valence-corrected chi connectivity index (χ4v) is 4.91. The minimum atomic E-state index is -0.417.